The maximum atomic E-state index is 13.1. The monoisotopic (exact) mass is 355 g/mol. The van der Waals surface area contributed by atoms with E-state index in [0.29, 0.717) is 30.8 Å². The maximum Gasteiger partial charge on any atom is 0.257 e. The Balaban J connectivity index is 1.53. The molecule has 2 atom stereocenters. The average molecular weight is 355 g/mol. The first-order valence-corrected chi connectivity index (χ1v) is 9.21. The van der Waals surface area contributed by atoms with Crippen LogP contribution in [-0.2, 0) is 4.74 Å². The first-order valence-electron chi connectivity index (χ1n) is 9.21. The molecule has 1 spiro atoms. The molecule has 1 aromatic carbocycles. The normalized spacial score (nSPS) is 24.5. The molecule has 1 aromatic heterocycles. The number of furan rings is 1. The smallest absolute Gasteiger partial charge is 0.257 e. The Morgan fingerprint density at radius 1 is 1.27 bits per heavy atom. The first kappa shape index (κ1) is 17.3. The molecule has 26 heavy (non-hydrogen) atoms. The molecule has 2 aliphatic rings. The van der Waals surface area contributed by atoms with E-state index in [1.807, 2.05) is 48.2 Å². The van der Waals surface area contributed by atoms with E-state index in [1.54, 1.807) is 7.11 Å². The Morgan fingerprint density at radius 3 is 2.58 bits per heavy atom. The quantitative estimate of drug-likeness (QED) is 0.918. The second-order valence-corrected chi connectivity index (χ2v) is 7.47. The van der Waals surface area contributed by atoms with Crippen molar-refractivity contribution in [3.63, 3.8) is 0 Å². The highest BCUT2D eigenvalue weighted by Gasteiger charge is 2.56. The molecule has 1 aliphatic carbocycles. The molecular formula is C21H25NO4. The van der Waals surface area contributed by atoms with Gasteiger partial charge in [0.1, 0.15) is 11.5 Å². The molecule has 0 bridgehead atoms. The van der Waals surface area contributed by atoms with Crippen LogP contribution in [0.3, 0.4) is 0 Å². The van der Waals surface area contributed by atoms with E-state index in [-0.39, 0.29) is 23.5 Å². The van der Waals surface area contributed by atoms with Crippen LogP contribution in [0.1, 0.15) is 35.4 Å². The predicted octanol–water partition coefficient (Wildman–Crippen LogP) is 3.26. The van der Waals surface area contributed by atoms with Gasteiger partial charge < -0.3 is 19.2 Å². The van der Waals surface area contributed by atoms with Crippen molar-refractivity contribution in [2.24, 2.45) is 5.41 Å². The van der Waals surface area contributed by atoms with E-state index >= 15 is 0 Å². The molecule has 5 heteroatoms. The molecule has 5 nitrogen and oxygen atoms in total. The molecule has 4 rings (SSSR count). The fraction of sp³-hybridized carbons (Fsp3) is 0.476. The number of hydrogen-bond acceptors (Lipinski definition) is 4. The SMILES string of the molecule is CO[C@H]1C[C@@H](O)C12CCN(C(=O)c1cc(C)oc1-c1ccccc1)CC2. The van der Waals surface area contributed by atoms with Gasteiger partial charge in [0, 0.05) is 37.6 Å². The summed E-state index contributed by atoms with van der Waals surface area (Å²) < 4.78 is 11.4. The molecule has 1 amide bonds. The number of piperidine rings is 1. The summed E-state index contributed by atoms with van der Waals surface area (Å²) in [6.45, 7) is 3.13. The zero-order chi connectivity index (χ0) is 18.3. The number of carbonyl (C=O) groups excluding carboxylic acids is 1. The van der Waals surface area contributed by atoms with E-state index in [2.05, 4.69) is 0 Å². The van der Waals surface area contributed by atoms with Crippen LogP contribution in [0.5, 0.6) is 0 Å². The summed E-state index contributed by atoms with van der Waals surface area (Å²) in [6.07, 6.45) is 2.03. The highest BCUT2D eigenvalue weighted by molar-refractivity contribution is 6.00. The molecule has 0 radical (unpaired) electrons. The fourth-order valence-electron chi connectivity index (χ4n) is 4.49. The number of nitrogens with zero attached hydrogens (tertiary/aromatic N) is 1. The van der Waals surface area contributed by atoms with Crippen molar-refractivity contribution in [2.75, 3.05) is 20.2 Å². The van der Waals surface area contributed by atoms with Crippen LogP contribution in [0.15, 0.2) is 40.8 Å². The molecule has 0 unspecified atom stereocenters. The molecule has 1 saturated carbocycles. The number of benzene rings is 1. The first-order chi connectivity index (χ1) is 12.5. The number of aryl methyl sites for hydroxylation is 1. The number of amides is 1. The van der Waals surface area contributed by atoms with Gasteiger partial charge in [-0.15, -0.1) is 0 Å². The van der Waals surface area contributed by atoms with Crippen LogP contribution in [0, 0.1) is 12.3 Å². The number of aliphatic hydroxyl groups is 1. The molecule has 2 fully saturated rings. The van der Waals surface area contributed by atoms with Gasteiger partial charge in [-0.2, -0.15) is 0 Å². The van der Waals surface area contributed by atoms with Crippen molar-refractivity contribution >= 4 is 5.91 Å². The van der Waals surface area contributed by atoms with Gasteiger partial charge >= 0.3 is 0 Å². The van der Waals surface area contributed by atoms with E-state index in [4.69, 9.17) is 9.15 Å². The van der Waals surface area contributed by atoms with Crippen molar-refractivity contribution in [2.45, 2.75) is 38.4 Å². The number of likely N-dealkylation sites (tertiary alicyclic amines) is 1. The Labute approximate surface area is 153 Å². The van der Waals surface area contributed by atoms with E-state index in [0.717, 1.165) is 24.2 Å². The highest BCUT2D eigenvalue weighted by atomic mass is 16.5. The summed E-state index contributed by atoms with van der Waals surface area (Å²) in [5.41, 5.74) is 1.34. The Bertz CT molecular complexity index is 790. The lowest BCUT2D eigenvalue weighted by Crippen LogP contribution is -2.62. The molecule has 2 aromatic rings. The van der Waals surface area contributed by atoms with Crippen molar-refractivity contribution < 1.29 is 19.1 Å². The molecule has 2 heterocycles. The minimum Gasteiger partial charge on any atom is -0.461 e. The Kier molecular flexibility index (Phi) is 4.37. The number of carbonyl (C=O) groups is 1. The van der Waals surface area contributed by atoms with E-state index < -0.39 is 0 Å². The second-order valence-electron chi connectivity index (χ2n) is 7.47. The van der Waals surface area contributed by atoms with Crippen LogP contribution >= 0.6 is 0 Å². The van der Waals surface area contributed by atoms with Crippen LogP contribution in [0.4, 0.5) is 0 Å². The number of rotatable bonds is 3. The fourth-order valence-corrected chi connectivity index (χ4v) is 4.49. The standard InChI is InChI=1S/C21H25NO4/c1-14-12-16(19(26-14)15-6-4-3-5-7-15)20(24)22-10-8-21(9-11-22)17(23)13-18(21)25-2/h3-7,12,17-18,23H,8-11,13H2,1-2H3/t17-,18+/m1/s1. The van der Waals surface area contributed by atoms with Gasteiger partial charge in [-0.3, -0.25) is 4.79 Å². The molecule has 1 aliphatic heterocycles. The van der Waals surface area contributed by atoms with Gasteiger partial charge in [0.05, 0.1) is 17.8 Å². The second kappa shape index (κ2) is 6.56. The van der Waals surface area contributed by atoms with Gasteiger partial charge in [0.15, 0.2) is 0 Å². The summed E-state index contributed by atoms with van der Waals surface area (Å²) in [5.74, 6) is 1.36. The summed E-state index contributed by atoms with van der Waals surface area (Å²) in [5, 5.41) is 10.3. The van der Waals surface area contributed by atoms with Gasteiger partial charge in [-0.05, 0) is 25.8 Å². The van der Waals surface area contributed by atoms with Crippen molar-refractivity contribution in [1.82, 2.24) is 4.90 Å². The summed E-state index contributed by atoms with van der Waals surface area (Å²) in [7, 11) is 1.70. The molecule has 138 valence electrons. The third kappa shape index (κ3) is 2.66. The third-order valence-electron chi connectivity index (χ3n) is 6.13. The van der Waals surface area contributed by atoms with E-state index in [1.165, 1.54) is 0 Å². The van der Waals surface area contributed by atoms with Crippen LogP contribution in [-0.4, -0.2) is 48.3 Å². The van der Waals surface area contributed by atoms with Gasteiger partial charge in [-0.25, -0.2) is 0 Å². The zero-order valence-corrected chi connectivity index (χ0v) is 15.3. The number of hydrogen-bond donors (Lipinski definition) is 1. The lowest BCUT2D eigenvalue weighted by molar-refractivity contribution is -0.199. The Hall–Kier alpha value is -2.11. The number of aliphatic hydroxyl groups excluding tert-OH is 1. The lowest BCUT2D eigenvalue weighted by Gasteiger charge is -2.56. The van der Waals surface area contributed by atoms with Crippen molar-refractivity contribution in [1.29, 1.82) is 0 Å². The zero-order valence-electron chi connectivity index (χ0n) is 15.3. The predicted molar refractivity (Wildman–Crippen MR) is 97.9 cm³/mol. The van der Waals surface area contributed by atoms with Crippen molar-refractivity contribution in [3.8, 4) is 11.3 Å². The Morgan fingerprint density at radius 2 is 1.96 bits per heavy atom. The van der Waals surface area contributed by atoms with Gasteiger partial charge in [-0.1, -0.05) is 30.3 Å². The van der Waals surface area contributed by atoms with Crippen molar-refractivity contribution in [3.05, 3.63) is 47.7 Å². The number of methoxy groups -OCH3 is 1. The summed E-state index contributed by atoms with van der Waals surface area (Å²) in [4.78, 5) is 15.0. The van der Waals surface area contributed by atoms with Crippen LogP contribution in [0.25, 0.3) is 11.3 Å². The highest BCUT2D eigenvalue weighted by Crippen LogP contribution is 2.50. The third-order valence-corrected chi connectivity index (χ3v) is 6.13. The molecular weight excluding hydrogens is 330 g/mol. The van der Waals surface area contributed by atoms with Gasteiger partial charge in [0.25, 0.3) is 5.91 Å². The van der Waals surface area contributed by atoms with Crippen LogP contribution < -0.4 is 0 Å². The van der Waals surface area contributed by atoms with Crippen LogP contribution in [0.2, 0.25) is 0 Å². The molecule has 1 saturated heterocycles. The van der Waals surface area contributed by atoms with E-state index in [9.17, 15) is 9.90 Å². The maximum absolute atomic E-state index is 13.1. The minimum absolute atomic E-state index is 0.00154. The number of ether oxygens (including phenoxy) is 1. The van der Waals surface area contributed by atoms with Gasteiger partial charge in [0.2, 0.25) is 0 Å². The summed E-state index contributed by atoms with van der Waals surface area (Å²) in [6, 6.07) is 11.6. The lowest BCUT2D eigenvalue weighted by atomic mass is 9.58. The minimum atomic E-state index is -0.319. The topological polar surface area (TPSA) is 62.9 Å². The largest absolute Gasteiger partial charge is 0.461 e. The average Bonchev–Trinajstić information content (AvgIpc) is 3.08. The molecule has 1 N–H and O–H groups in total. The summed E-state index contributed by atoms with van der Waals surface area (Å²) >= 11 is 0.